The van der Waals surface area contributed by atoms with E-state index in [0.29, 0.717) is 0 Å². The first kappa shape index (κ1) is 11.1. The van der Waals surface area contributed by atoms with Crippen molar-refractivity contribution in [2.45, 2.75) is 12.2 Å². The van der Waals surface area contributed by atoms with Crippen LogP contribution in [0, 0.1) is 0 Å². The van der Waals surface area contributed by atoms with Crippen LogP contribution in [0.5, 0.6) is 0 Å². The van der Waals surface area contributed by atoms with E-state index in [-0.39, 0.29) is 5.75 Å². The number of hydrogen-bond acceptors (Lipinski definition) is 3. The Morgan fingerprint density at radius 3 is 2.25 bits per heavy atom. The van der Waals surface area contributed by atoms with E-state index in [0.717, 1.165) is 6.08 Å². The number of Topliss-reactive ketones (excluding diaryl/α,β-unsaturated/α-hetero) is 1. The number of carbonyl (C=O) groups excluding carboxylic acids is 1. The van der Waals surface area contributed by atoms with Crippen LogP contribution in [0.4, 0.5) is 0 Å². The van der Waals surface area contributed by atoms with Crippen LogP contribution < -0.4 is 0 Å². The van der Waals surface area contributed by atoms with Gasteiger partial charge in [0.15, 0.2) is 15.6 Å². The highest BCUT2D eigenvalue weighted by Gasteiger charge is 2.24. The summed E-state index contributed by atoms with van der Waals surface area (Å²) in [5.74, 6) is -0.602. The van der Waals surface area contributed by atoms with E-state index in [1.807, 2.05) is 0 Å². The highest BCUT2D eigenvalue weighted by Crippen LogP contribution is 2.05. The van der Waals surface area contributed by atoms with Crippen LogP contribution in [0.2, 0.25) is 0 Å². The lowest BCUT2D eigenvalue weighted by Crippen LogP contribution is -2.27. The van der Waals surface area contributed by atoms with Crippen LogP contribution in [-0.4, -0.2) is 25.2 Å². The molecule has 0 aromatic heterocycles. The SMILES string of the molecule is C=CCS(=O)(=O)C(C=C)C(C)=O. The van der Waals surface area contributed by atoms with Crippen LogP contribution in [0.3, 0.4) is 0 Å². The topological polar surface area (TPSA) is 51.2 Å². The van der Waals surface area contributed by atoms with Gasteiger partial charge in [0.1, 0.15) is 5.25 Å². The highest BCUT2D eigenvalue weighted by atomic mass is 32.2. The molecule has 3 nitrogen and oxygen atoms in total. The minimum Gasteiger partial charge on any atom is -0.298 e. The van der Waals surface area contributed by atoms with E-state index in [1.165, 1.54) is 13.0 Å². The Morgan fingerprint density at radius 1 is 1.50 bits per heavy atom. The normalized spacial score (nSPS) is 13.4. The van der Waals surface area contributed by atoms with E-state index in [1.54, 1.807) is 0 Å². The molecule has 0 aliphatic heterocycles. The van der Waals surface area contributed by atoms with Gasteiger partial charge in [0.2, 0.25) is 0 Å². The zero-order valence-corrected chi connectivity index (χ0v) is 7.80. The summed E-state index contributed by atoms with van der Waals surface area (Å²) in [5, 5.41) is -1.09. The third kappa shape index (κ3) is 2.62. The largest absolute Gasteiger partial charge is 0.298 e. The van der Waals surface area contributed by atoms with Crippen molar-refractivity contribution in [2.24, 2.45) is 0 Å². The van der Waals surface area contributed by atoms with Crippen molar-refractivity contribution in [1.82, 2.24) is 0 Å². The fourth-order valence-electron chi connectivity index (χ4n) is 0.833. The van der Waals surface area contributed by atoms with Gasteiger partial charge in [-0.2, -0.15) is 0 Å². The van der Waals surface area contributed by atoms with Gasteiger partial charge in [-0.05, 0) is 6.92 Å². The molecule has 0 amide bonds. The summed E-state index contributed by atoms with van der Waals surface area (Å²) < 4.78 is 22.5. The van der Waals surface area contributed by atoms with Crippen molar-refractivity contribution in [1.29, 1.82) is 0 Å². The minimum absolute atomic E-state index is 0.191. The predicted molar refractivity (Wildman–Crippen MR) is 48.6 cm³/mol. The molecule has 0 aliphatic rings. The Balaban J connectivity index is 4.84. The van der Waals surface area contributed by atoms with Gasteiger partial charge in [-0.3, -0.25) is 4.79 Å². The van der Waals surface area contributed by atoms with E-state index in [9.17, 15) is 13.2 Å². The van der Waals surface area contributed by atoms with Crippen molar-refractivity contribution < 1.29 is 13.2 Å². The fraction of sp³-hybridized carbons (Fsp3) is 0.375. The Labute approximate surface area is 72.7 Å². The molecule has 1 atom stereocenters. The van der Waals surface area contributed by atoms with Crippen LogP contribution in [0.25, 0.3) is 0 Å². The monoisotopic (exact) mass is 188 g/mol. The molecule has 0 bridgehead atoms. The van der Waals surface area contributed by atoms with Gasteiger partial charge in [-0.15, -0.1) is 13.2 Å². The standard InChI is InChI=1S/C8H12O3S/c1-4-6-12(10,11)8(5-2)7(3)9/h4-5,8H,1-2,6H2,3H3. The van der Waals surface area contributed by atoms with Gasteiger partial charge in [0.25, 0.3) is 0 Å². The first-order valence-electron chi connectivity index (χ1n) is 3.41. The maximum Gasteiger partial charge on any atom is 0.167 e. The average molecular weight is 188 g/mol. The van der Waals surface area contributed by atoms with E-state index in [2.05, 4.69) is 13.2 Å². The molecule has 0 heterocycles. The molecule has 0 aromatic carbocycles. The summed E-state index contributed by atoms with van der Waals surface area (Å²) in [6.45, 7) is 7.82. The van der Waals surface area contributed by atoms with Crippen molar-refractivity contribution >= 4 is 15.6 Å². The Bertz CT molecular complexity index is 287. The lowest BCUT2D eigenvalue weighted by molar-refractivity contribution is -0.115. The number of hydrogen-bond donors (Lipinski definition) is 0. The molecule has 0 aromatic rings. The average Bonchev–Trinajstić information content (AvgIpc) is 1.86. The van der Waals surface area contributed by atoms with Crippen LogP contribution in [0.1, 0.15) is 6.92 Å². The van der Waals surface area contributed by atoms with Gasteiger partial charge in [0.05, 0.1) is 5.75 Å². The van der Waals surface area contributed by atoms with E-state index in [4.69, 9.17) is 0 Å². The Morgan fingerprint density at radius 2 is 2.00 bits per heavy atom. The quantitative estimate of drug-likeness (QED) is 0.598. The molecule has 68 valence electrons. The summed E-state index contributed by atoms with van der Waals surface area (Å²) in [4.78, 5) is 10.8. The molecule has 1 unspecified atom stereocenters. The second kappa shape index (κ2) is 4.21. The first-order valence-corrected chi connectivity index (χ1v) is 5.12. The van der Waals surface area contributed by atoms with Gasteiger partial charge in [-0.25, -0.2) is 8.42 Å². The van der Waals surface area contributed by atoms with Crippen molar-refractivity contribution in [2.75, 3.05) is 5.75 Å². The van der Waals surface area contributed by atoms with Crippen molar-refractivity contribution in [3.8, 4) is 0 Å². The molecular weight excluding hydrogens is 176 g/mol. The molecule has 12 heavy (non-hydrogen) atoms. The molecule has 0 rings (SSSR count). The molecule has 4 heteroatoms. The highest BCUT2D eigenvalue weighted by molar-refractivity contribution is 7.93. The Kier molecular flexibility index (Phi) is 3.89. The second-order valence-electron chi connectivity index (χ2n) is 2.39. The summed E-state index contributed by atoms with van der Waals surface area (Å²) in [7, 11) is -3.41. The molecule has 0 aliphatic carbocycles. The summed E-state index contributed by atoms with van der Waals surface area (Å²) in [5.41, 5.74) is 0. The predicted octanol–water partition coefficient (Wildman–Crippen LogP) is 0.731. The van der Waals surface area contributed by atoms with Crippen LogP contribution in [0.15, 0.2) is 25.3 Å². The van der Waals surface area contributed by atoms with E-state index >= 15 is 0 Å². The molecule has 0 radical (unpaired) electrons. The summed E-state index contributed by atoms with van der Waals surface area (Å²) in [6.07, 6.45) is 2.40. The zero-order chi connectivity index (χ0) is 9.78. The van der Waals surface area contributed by atoms with Gasteiger partial charge < -0.3 is 0 Å². The number of rotatable bonds is 5. The zero-order valence-electron chi connectivity index (χ0n) is 6.99. The fourth-order valence-corrected chi connectivity index (χ4v) is 2.17. The van der Waals surface area contributed by atoms with Gasteiger partial charge >= 0.3 is 0 Å². The maximum absolute atomic E-state index is 11.2. The lowest BCUT2D eigenvalue weighted by atomic mass is 10.3. The number of ketones is 1. The van der Waals surface area contributed by atoms with Crippen LogP contribution >= 0.6 is 0 Å². The van der Waals surface area contributed by atoms with E-state index < -0.39 is 20.9 Å². The lowest BCUT2D eigenvalue weighted by Gasteiger charge is -2.07. The number of carbonyl (C=O) groups is 1. The third-order valence-corrected chi connectivity index (χ3v) is 3.35. The smallest absolute Gasteiger partial charge is 0.167 e. The third-order valence-electron chi connectivity index (χ3n) is 1.35. The summed E-state index contributed by atoms with van der Waals surface area (Å²) >= 11 is 0. The van der Waals surface area contributed by atoms with Gasteiger partial charge in [-0.1, -0.05) is 12.2 Å². The van der Waals surface area contributed by atoms with Gasteiger partial charge in [0, 0.05) is 0 Å². The summed E-state index contributed by atoms with van der Waals surface area (Å²) in [6, 6.07) is 0. The first-order chi connectivity index (χ1) is 5.45. The molecule has 0 spiro atoms. The van der Waals surface area contributed by atoms with Crippen LogP contribution in [-0.2, 0) is 14.6 Å². The minimum atomic E-state index is -3.41. The molecule has 0 saturated carbocycles. The molecule has 0 N–H and O–H groups in total. The molecule has 0 fully saturated rings. The molecule has 0 saturated heterocycles. The maximum atomic E-state index is 11.2. The molecular formula is C8H12O3S. The van der Waals surface area contributed by atoms with Crippen molar-refractivity contribution in [3.63, 3.8) is 0 Å². The Hall–Kier alpha value is -0.900. The van der Waals surface area contributed by atoms with Crippen molar-refractivity contribution in [3.05, 3.63) is 25.3 Å². The number of sulfone groups is 1. The second-order valence-corrected chi connectivity index (χ2v) is 4.55.